The summed E-state index contributed by atoms with van der Waals surface area (Å²) < 4.78 is 0. The van der Waals surface area contributed by atoms with Gasteiger partial charge in [-0.3, -0.25) is 0 Å². The van der Waals surface area contributed by atoms with Gasteiger partial charge < -0.3 is 15.1 Å². The molecular weight excluding hydrogens is 298 g/mol. The number of carbonyl (C=O) groups is 1. The number of nitrogens with one attached hydrogen (secondary N) is 1. The summed E-state index contributed by atoms with van der Waals surface area (Å²) in [6, 6.07) is 6.67. The van der Waals surface area contributed by atoms with Crippen LogP contribution in [0.2, 0.25) is 5.02 Å². The molecule has 0 bridgehead atoms. The van der Waals surface area contributed by atoms with Gasteiger partial charge >= 0.3 is 6.03 Å². The molecule has 0 spiro atoms. The zero-order valence-electron chi connectivity index (χ0n) is 13.1. The number of urea groups is 1. The van der Waals surface area contributed by atoms with Gasteiger partial charge in [0.25, 0.3) is 0 Å². The highest BCUT2D eigenvalue weighted by atomic mass is 35.5. The second-order valence-corrected chi connectivity index (χ2v) is 6.75. The number of benzene rings is 1. The normalized spacial score (nSPS) is 19.5. The fourth-order valence-corrected chi connectivity index (χ4v) is 3.46. The fourth-order valence-electron chi connectivity index (χ4n) is 3.28. The first-order chi connectivity index (χ1) is 10.6. The summed E-state index contributed by atoms with van der Waals surface area (Å²) in [7, 11) is 0. The Morgan fingerprint density at radius 3 is 2.50 bits per heavy atom. The van der Waals surface area contributed by atoms with E-state index in [0.717, 1.165) is 55.3 Å². The van der Waals surface area contributed by atoms with Crippen LogP contribution < -0.4 is 10.2 Å². The quantitative estimate of drug-likeness (QED) is 0.906. The molecule has 2 aliphatic rings. The number of amides is 2. The van der Waals surface area contributed by atoms with Gasteiger partial charge in [0, 0.05) is 42.9 Å². The molecule has 4 nitrogen and oxygen atoms in total. The van der Waals surface area contributed by atoms with E-state index >= 15 is 0 Å². The van der Waals surface area contributed by atoms with Crippen LogP contribution in [0.1, 0.15) is 31.2 Å². The molecule has 1 aliphatic carbocycles. The summed E-state index contributed by atoms with van der Waals surface area (Å²) in [5, 5.41) is 3.97. The minimum Gasteiger partial charge on any atom is -0.368 e. The molecule has 1 heterocycles. The van der Waals surface area contributed by atoms with Crippen molar-refractivity contribution < 1.29 is 4.79 Å². The monoisotopic (exact) mass is 321 g/mol. The van der Waals surface area contributed by atoms with Crippen LogP contribution in [0.5, 0.6) is 0 Å². The van der Waals surface area contributed by atoms with Crippen molar-refractivity contribution in [3.8, 4) is 0 Å². The lowest BCUT2D eigenvalue weighted by Crippen LogP contribution is -2.53. The zero-order chi connectivity index (χ0) is 15.5. The highest BCUT2D eigenvalue weighted by molar-refractivity contribution is 6.31. The van der Waals surface area contributed by atoms with Gasteiger partial charge in [0.1, 0.15) is 0 Å². The molecule has 5 heteroatoms. The summed E-state index contributed by atoms with van der Waals surface area (Å²) >= 11 is 6.21. The molecule has 0 unspecified atom stereocenters. The first-order valence-corrected chi connectivity index (χ1v) is 8.58. The Morgan fingerprint density at radius 1 is 1.18 bits per heavy atom. The van der Waals surface area contributed by atoms with Gasteiger partial charge in [-0.2, -0.15) is 0 Å². The molecule has 0 aromatic heterocycles. The average molecular weight is 322 g/mol. The molecule has 120 valence electrons. The van der Waals surface area contributed by atoms with Crippen molar-refractivity contribution in [3.63, 3.8) is 0 Å². The molecular formula is C17H24ClN3O. The molecule has 0 atom stereocenters. The first-order valence-electron chi connectivity index (χ1n) is 8.20. The summed E-state index contributed by atoms with van der Waals surface area (Å²) in [5.74, 6) is 0. The van der Waals surface area contributed by atoms with Gasteiger partial charge in [0.2, 0.25) is 0 Å². The smallest absolute Gasteiger partial charge is 0.317 e. The lowest BCUT2D eigenvalue weighted by atomic mass is 10.2. The number of halogens is 1. The van der Waals surface area contributed by atoms with Crippen LogP contribution in [-0.4, -0.2) is 43.2 Å². The number of rotatable bonds is 2. The summed E-state index contributed by atoms with van der Waals surface area (Å²) in [6.07, 6.45) is 4.75. The van der Waals surface area contributed by atoms with Crippen LogP contribution in [0.25, 0.3) is 0 Å². The van der Waals surface area contributed by atoms with Gasteiger partial charge in [0.05, 0.1) is 0 Å². The number of anilines is 1. The van der Waals surface area contributed by atoms with Crippen LogP contribution in [0.3, 0.4) is 0 Å². The Bertz CT molecular complexity index is 535. The Morgan fingerprint density at radius 2 is 1.86 bits per heavy atom. The van der Waals surface area contributed by atoms with E-state index in [0.29, 0.717) is 6.04 Å². The number of aryl methyl sites for hydroxylation is 1. The number of piperazine rings is 1. The molecule has 3 rings (SSSR count). The number of hydrogen-bond acceptors (Lipinski definition) is 2. The van der Waals surface area contributed by atoms with Crippen molar-refractivity contribution in [2.45, 2.75) is 38.6 Å². The minimum absolute atomic E-state index is 0.105. The van der Waals surface area contributed by atoms with E-state index in [1.165, 1.54) is 12.8 Å². The Labute approximate surface area is 137 Å². The van der Waals surface area contributed by atoms with Crippen LogP contribution in [-0.2, 0) is 0 Å². The van der Waals surface area contributed by atoms with E-state index in [4.69, 9.17) is 11.6 Å². The van der Waals surface area contributed by atoms with Crippen molar-refractivity contribution in [1.82, 2.24) is 10.2 Å². The van der Waals surface area contributed by atoms with Crippen LogP contribution in [0, 0.1) is 6.92 Å². The Kier molecular flexibility index (Phi) is 4.77. The van der Waals surface area contributed by atoms with Crippen LogP contribution >= 0.6 is 11.6 Å². The molecule has 2 amide bonds. The van der Waals surface area contributed by atoms with Gasteiger partial charge in [-0.15, -0.1) is 0 Å². The average Bonchev–Trinajstić information content (AvgIpc) is 3.03. The molecule has 1 N–H and O–H groups in total. The number of nitrogens with zero attached hydrogens (tertiary/aromatic N) is 2. The topological polar surface area (TPSA) is 35.6 Å². The minimum atomic E-state index is 0.105. The van der Waals surface area contributed by atoms with Gasteiger partial charge in [-0.05, 0) is 37.5 Å². The van der Waals surface area contributed by atoms with Crippen molar-refractivity contribution in [2.75, 3.05) is 31.1 Å². The maximum absolute atomic E-state index is 12.3. The lowest BCUT2D eigenvalue weighted by Gasteiger charge is -2.36. The van der Waals surface area contributed by atoms with Crippen molar-refractivity contribution >= 4 is 23.3 Å². The fraction of sp³-hybridized carbons (Fsp3) is 0.588. The molecule has 1 saturated heterocycles. The first kappa shape index (κ1) is 15.5. The van der Waals surface area contributed by atoms with Gasteiger partial charge in [-0.25, -0.2) is 4.79 Å². The predicted molar refractivity (Wildman–Crippen MR) is 90.8 cm³/mol. The van der Waals surface area contributed by atoms with E-state index in [2.05, 4.69) is 22.3 Å². The number of hydrogen-bond donors (Lipinski definition) is 1. The van der Waals surface area contributed by atoms with Crippen molar-refractivity contribution in [3.05, 3.63) is 28.8 Å². The Balaban J connectivity index is 1.53. The highest BCUT2D eigenvalue weighted by Crippen LogP contribution is 2.24. The maximum atomic E-state index is 12.3. The Hall–Kier alpha value is -1.42. The third-order valence-electron chi connectivity index (χ3n) is 4.77. The third-order valence-corrected chi connectivity index (χ3v) is 5.18. The van der Waals surface area contributed by atoms with E-state index in [1.807, 2.05) is 17.9 Å². The van der Waals surface area contributed by atoms with Crippen LogP contribution in [0.4, 0.5) is 10.5 Å². The zero-order valence-corrected chi connectivity index (χ0v) is 13.9. The maximum Gasteiger partial charge on any atom is 0.317 e. The molecule has 1 aromatic carbocycles. The molecule has 0 radical (unpaired) electrons. The van der Waals surface area contributed by atoms with E-state index in [1.54, 1.807) is 0 Å². The molecule has 1 aromatic rings. The van der Waals surface area contributed by atoms with E-state index in [9.17, 15) is 4.79 Å². The second-order valence-electron chi connectivity index (χ2n) is 6.34. The van der Waals surface area contributed by atoms with Crippen molar-refractivity contribution in [1.29, 1.82) is 0 Å². The number of carbonyl (C=O) groups excluding carboxylic acids is 1. The van der Waals surface area contributed by atoms with Gasteiger partial charge in [-0.1, -0.05) is 30.5 Å². The predicted octanol–water partition coefficient (Wildman–Crippen LogP) is 3.42. The second kappa shape index (κ2) is 6.78. The van der Waals surface area contributed by atoms with E-state index < -0.39 is 0 Å². The SMILES string of the molecule is Cc1ccc(N2CCN(C(=O)NC3CCCC3)CC2)cc1Cl. The summed E-state index contributed by atoms with van der Waals surface area (Å²) in [4.78, 5) is 16.5. The lowest BCUT2D eigenvalue weighted by molar-refractivity contribution is 0.190. The third kappa shape index (κ3) is 3.49. The van der Waals surface area contributed by atoms with Gasteiger partial charge in [0.15, 0.2) is 0 Å². The molecule has 2 fully saturated rings. The largest absolute Gasteiger partial charge is 0.368 e. The summed E-state index contributed by atoms with van der Waals surface area (Å²) in [6.45, 7) is 5.26. The highest BCUT2D eigenvalue weighted by Gasteiger charge is 2.24. The summed E-state index contributed by atoms with van der Waals surface area (Å²) in [5.41, 5.74) is 2.24. The molecule has 22 heavy (non-hydrogen) atoms. The van der Waals surface area contributed by atoms with Crippen LogP contribution in [0.15, 0.2) is 18.2 Å². The van der Waals surface area contributed by atoms with Crippen molar-refractivity contribution in [2.24, 2.45) is 0 Å². The van der Waals surface area contributed by atoms with E-state index in [-0.39, 0.29) is 6.03 Å². The molecule has 1 aliphatic heterocycles. The standard InChI is InChI=1S/C17H24ClN3O/c1-13-6-7-15(12-16(13)18)20-8-10-21(11-9-20)17(22)19-14-4-2-3-5-14/h6-7,12,14H,2-5,8-11H2,1H3,(H,19,22). The molecule has 1 saturated carbocycles.